The highest BCUT2D eigenvalue weighted by Gasteiger charge is 2.33. The number of cyclic esters (lactones) is 1. The number of carbonyl (C=O) groups excluding carboxylic acids is 4. The molecular formula is C26H34F2N6O5. The van der Waals surface area contributed by atoms with Gasteiger partial charge in [-0.2, -0.15) is 0 Å². The molecule has 0 radical (unpaired) electrons. The van der Waals surface area contributed by atoms with Crippen LogP contribution in [0, 0.1) is 11.6 Å². The Labute approximate surface area is 225 Å². The Bertz CT molecular complexity index is 1080. The molecule has 1 aromatic heterocycles. The van der Waals surface area contributed by atoms with Gasteiger partial charge in [0.2, 0.25) is 12.3 Å². The van der Waals surface area contributed by atoms with Crippen LogP contribution in [-0.4, -0.2) is 87.0 Å². The predicted molar refractivity (Wildman–Crippen MR) is 141 cm³/mol. The lowest BCUT2D eigenvalue weighted by molar-refractivity contribution is -0.130. The molecule has 3 N–H and O–H groups in total. The number of hydrogen-bond acceptors (Lipinski definition) is 8. The second-order valence-electron chi connectivity index (χ2n) is 8.55. The van der Waals surface area contributed by atoms with E-state index < -0.39 is 17.7 Å². The SMILES string of the molecule is CCC=O.CNCC1CN(c2cc(F)c(N3CCN(C(=O)Cc4cccnc4)CC3)c(F)c2)C(=O)O1.NC=O. The molecule has 0 bridgehead atoms. The molecule has 212 valence electrons. The number of likely N-dealkylation sites (N-methyl/N-ethyl adjacent to an activating group) is 1. The van der Waals surface area contributed by atoms with E-state index in [9.17, 15) is 23.2 Å². The fraction of sp³-hybridized carbons (Fsp3) is 0.423. The Morgan fingerprint density at radius 2 is 1.82 bits per heavy atom. The lowest BCUT2D eigenvalue weighted by Gasteiger charge is -2.36. The van der Waals surface area contributed by atoms with Gasteiger partial charge in [-0.3, -0.25) is 19.5 Å². The highest BCUT2D eigenvalue weighted by Crippen LogP contribution is 2.31. The van der Waals surface area contributed by atoms with Crippen molar-refractivity contribution < 1.29 is 32.7 Å². The number of ether oxygens (including phenoxy) is 1. The molecule has 2 fully saturated rings. The van der Waals surface area contributed by atoms with Crippen molar-refractivity contribution in [3.63, 3.8) is 0 Å². The number of amides is 3. The molecule has 2 aliphatic rings. The van der Waals surface area contributed by atoms with E-state index in [-0.39, 0.29) is 42.8 Å². The van der Waals surface area contributed by atoms with E-state index in [1.54, 1.807) is 35.3 Å². The summed E-state index contributed by atoms with van der Waals surface area (Å²) in [4.78, 5) is 50.9. The minimum atomic E-state index is -0.750. The van der Waals surface area contributed by atoms with Crippen LogP contribution >= 0.6 is 0 Å². The fourth-order valence-corrected chi connectivity index (χ4v) is 4.04. The largest absolute Gasteiger partial charge is 0.443 e. The van der Waals surface area contributed by atoms with Gasteiger partial charge in [-0.25, -0.2) is 13.6 Å². The number of nitrogens with zero attached hydrogens (tertiary/aromatic N) is 4. The van der Waals surface area contributed by atoms with Crippen LogP contribution < -0.4 is 20.9 Å². The van der Waals surface area contributed by atoms with Gasteiger partial charge in [0.1, 0.15) is 18.1 Å². The summed E-state index contributed by atoms with van der Waals surface area (Å²) in [7, 11) is 1.73. The van der Waals surface area contributed by atoms with E-state index in [4.69, 9.17) is 9.53 Å². The molecule has 2 aromatic rings. The first-order chi connectivity index (χ1) is 18.8. The summed E-state index contributed by atoms with van der Waals surface area (Å²) in [5, 5.41) is 2.91. The smallest absolute Gasteiger partial charge is 0.414 e. The van der Waals surface area contributed by atoms with Crippen molar-refractivity contribution in [2.75, 3.05) is 56.1 Å². The van der Waals surface area contributed by atoms with Crippen molar-refractivity contribution in [3.05, 3.63) is 53.9 Å². The van der Waals surface area contributed by atoms with Gasteiger partial charge in [-0.1, -0.05) is 13.0 Å². The van der Waals surface area contributed by atoms with Gasteiger partial charge < -0.3 is 30.4 Å². The third-order valence-electron chi connectivity index (χ3n) is 5.81. The summed E-state index contributed by atoms with van der Waals surface area (Å²) in [6.07, 6.45) is 4.30. The third-order valence-corrected chi connectivity index (χ3v) is 5.81. The van der Waals surface area contributed by atoms with E-state index in [2.05, 4.69) is 16.0 Å². The van der Waals surface area contributed by atoms with Crippen LogP contribution in [-0.2, 0) is 25.5 Å². The first-order valence-corrected chi connectivity index (χ1v) is 12.4. The van der Waals surface area contributed by atoms with Gasteiger partial charge in [0.15, 0.2) is 11.6 Å². The van der Waals surface area contributed by atoms with Gasteiger partial charge in [0.25, 0.3) is 0 Å². The van der Waals surface area contributed by atoms with E-state index in [0.29, 0.717) is 39.1 Å². The number of anilines is 2. The lowest BCUT2D eigenvalue weighted by Crippen LogP contribution is -2.49. The molecular weight excluding hydrogens is 514 g/mol. The number of nitrogens with one attached hydrogen (secondary N) is 1. The summed E-state index contributed by atoms with van der Waals surface area (Å²) >= 11 is 0. The second-order valence-corrected chi connectivity index (χ2v) is 8.55. The molecule has 1 atom stereocenters. The maximum absolute atomic E-state index is 14.9. The number of piperazine rings is 1. The second kappa shape index (κ2) is 16.0. The molecule has 0 spiro atoms. The van der Waals surface area contributed by atoms with Crippen LogP contribution in [0.1, 0.15) is 18.9 Å². The first-order valence-electron chi connectivity index (χ1n) is 12.4. The quantitative estimate of drug-likeness (QED) is 0.497. The summed E-state index contributed by atoms with van der Waals surface area (Å²) in [5.41, 5.74) is 4.97. The number of primary amides is 1. The number of nitrogens with two attached hydrogens (primary N) is 1. The molecule has 0 saturated carbocycles. The van der Waals surface area contributed by atoms with E-state index in [1.807, 2.05) is 13.0 Å². The summed E-state index contributed by atoms with van der Waals surface area (Å²) in [5.74, 6) is -1.54. The van der Waals surface area contributed by atoms with Crippen LogP contribution in [0.5, 0.6) is 0 Å². The lowest BCUT2D eigenvalue weighted by atomic mass is 10.1. The molecule has 2 saturated heterocycles. The zero-order valence-corrected chi connectivity index (χ0v) is 22.0. The highest BCUT2D eigenvalue weighted by atomic mass is 19.1. The van der Waals surface area contributed by atoms with Crippen molar-refractivity contribution in [2.45, 2.75) is 25.9 Å². The molecule has 3 amide bonds. The third kappa shape index (κ3) is 8.99. The number of aldehydes is 1. The summed E-state index contributed by atoms with van der Waals surface area (Å²) in [6, 6.07) is 5.92. The van der Waals surface area contributed by atoms with Crippen molar-refractivity contribution in [1.82, 2.24) is 15.2 Å². The zero-order chi connectivity index (χ0) is 28.8. The zero-order valence-electron chi connectivity index (χ0n) is 22.0. The minimum Gasteiger partial charge on any atom is -0.443 e. The van der Waals surface area contributed by atoms with Crippen LogP contribution in [0.3, 0.4) is 0 Å². The number of halogens is 2. The predicted octanol–water partition coefficient (Wildman–Crippen LogP) is 1.49. The number of carbonyl (C=O) groups is 4. The first kappa shape index (κ1) is 31.1. The van der Waals surface area contributed by atoms with Crippen LogP contribution in [0.25, 0.3) is 0 Å². The molecule has 2 aliphatic heterocycles. The van der Waals surface area contributed by atoms with E-state index in [0.717, 1.165) is 24.0 Å². The van der Waals surface area contributed by atoms with Crippen LogP contribution in [0.2, 0.25) is 0 Å². The molecule has 3 heterocycles. The Hall–Kier alpha value is -4.13. The number of aromatic nitrogens is 1. The Morgan fingerprint density at radius 1 is 1.21 bits per heavy atom. The topological polar surface area (TPSA) is 138 Å². The number of rotatable bonds is 7. The molecule has 13 heteroatoms. The average Bonchev–Trinajstić information content (AvgIpc) is 3.30. The van der Waals surface area contributed by atoms with Gasteiger partial charge in [0.05, 0.1) is 18.7 Å². The highest BCUT2D eigenvalue weighted by molar-refractivity contribution is 5.90. The fourth-order valence-electron chi connectivity index (χ4n) is 4.04. The molecule has 11 nitrogen and oxygen atoms in total. The maximum atomic E-state index is 14.9. The standard InChI is InChI=1S/C22H25F2N5O3.C3H6O.CH3NO/c1-25-13-17-14-29(22(31)32-17)16-10-18(23)21(19(24)11-16)28-7-5-27(6-8-28)20(30)9-15-3-2-4-26-12-15;1-2-3-4;2-1-3/h2-4,10-12,17,25H,5-9,13-14H2,1H3;3H,2H2,1H3;1H,(H2,2,3). The Morgan fingerprint density at radius 3 is 2.33 bits per heavy atom. The number of hydrogen-bond donors (Lipinski definition) is 2. The average molecular weight is 549 g/mol. The molecule has 0 aliphatic carbocycles. The normalized spacial score (nSPS) is 16.4. The van der Waals surface area contributed by atoms with Gasteiger partial charge in [0, 0.05) is 63.7 Å². The van der Waals surface area contributed by atoms with Crippen molar-refractivity contribution in [2.24, 2.45) is 5.73 Å². The molecule has 39 heavy (non-hydrogen) atoms. The van der Waals surface area contributed by atoms with Gasteiger partial charge in [-0.15, -0.1) is 0 Å². The van der Waals surface area contributed by atoms with Crippen LogP contribution in [0.15, 0.2) is 36.7 Å². The Balaban J connectivity index is 0.000000686. The molecule has 4 rings (SSSR count). The summed E-state index contributed by atoms with van der Waals surface area (Å²) < 4.78 is 35.0. The van der Waals surface area contributed by atoms with E-state index >= 15 is 0 Å². The monoisotopic (exact) mass is 548 g/mol. The van der Waals surface area contributed by atoms with E-state index in [1.165, 1.54) is 4.90 Å². The number of benzene rings is 1. The maximum Gasteiger partial charge on any atom is 0.414 e. The van der Waals surface area contributed by atoms with Gasteiger partial charge in [-0.05, 0) is 18.7 Å². The minimum absolute atomic E-state index is 0.0439. The van der Waals surface area contributed by atoms with Crippen molar-refractivity contribution in [1.29, 1.82) is 0 Å². The summed E-state index contributed by atoms with van der Waals surface area (Å²) in [6.45, 7) is 3.83. The Kier molecular flexibility index (Phi) is 12.7. The van der Waals surface area contributed by atoms with Gasteiger partial charge >= 0.3 is 6.09 Å². The van der Waals surface area contributed by atoms with Crippen molar-refractivity contribution >= 4 is 36.1 Å². The van der Waals surface area contributed by atoms with Crippen LogP contribution in [0.4, 0.5) is 25.0 Å². The molecule has 1 unspecified atom stereocenters. The van der Waals surface area contributed by atoms with Crippen molar-refractivity contribution in [3.8, 4) is 0 Å². The molecule has 1 aromatic carbocycles. The number of pyridine rings is 1.